The smallest absolute Gasteiger partial charge is 0.428 e. The molecule has 0 radical (unpaired) electrons. The summed E-state index contributed by atoms with van der Waals surface area (Å²) in [4.78, 5) is 11.7. The quantitative estimate of drug-likeness (QED) is 0.485. The van der Waals surface area contributed by atoms with Gasteiger partial charge in [-0.3, -0.25) is 0 Å². The Morgan fingerprint density at radius 1 is 1.12 bits per heavy atom. The van der Waals surface area contributed by atoms with Gasteiger partial charge < -0.3 is 14.6 Å². The summed E-state index contributed by atoms with van der Waals surface area (Å²) < 4.78 is 23.6. The molecule has 0 saturated carbocycles. The monoisotopic (exact) mass is 368 g/mol. The highest BCUT2D eigenvalue weighted by Gasteiger charge is 2.25. The highest BCUT2D eigenvalue weighted by molar-refractivity contribution is 5.64. The van der Waals surface area contributed by atoms with Gasteiger partial charge in [-0.1, -0.05) is 32.9 Å². The lowest BCUT2D eigenvalue weighted by Gasteiger charge is -2.28. The van der Waals surface area contributed by atoms with E-state index in [2.05, 4.69) is 20.8 Å². The van der Waals surface area contributed by atoms with Gasteiger partial charge in [-0.15, -0.1) is 0 Å². The number of carbonyl (C=O) groups is 1. The summed E-state index contributed by atoms with van der Waals surface area (Å²) in [6.45, 7) is 12.9. The second-order valence-electron chi connectivity index (χ2n) is 8.44. The maximum atomic E-state index is 13.3. The van der Waals surface area contributed by atoms with E-state index in [0.29, 0.717) is 18.1 Å². The Kier molecular flexibility index (Phi) is 7.63. The molecule has 0 amide bonds. The molecule has 0 aliphatic heterocycles. The Bertz CT molecular complexity index is 569. The molecule has 0 heterocycles. The minimum absolute atomic E-state index is 0.133. The lowest BCUT2D eigenvalue weighted by Crippen LogP contribution is -2.26. The SMILES string of the molecule is CC(CCC(C)(O)F)C(C)C(C)c1ccc(OC(=O)OC(C)(C)C)cc1. The fourth-order valence-electron chi connectivity index (χ4n) is 2.76. The van der Waals surface area contributed by atoms with Crippen LogP contribution >= 0.6 is 0 Å². The number of hydrogen-bond acceptors (Lipinski definition) is 4. The van der Waals surface area contributed by atoms with E-state index in [4.69, 9.17) is 9.47 Å². The van der Waals surface area contributed by atoms with E-state index in [-0.39, 0.29) is 18.3 Å². The summed E-state index contributed by atoms with van der Waals surface area (Å²) in [7, 11) is 0. The van der Waals surface area contributed by atoms with E-state index in [1.54, 1.807) is 32.9 Å². The summed E-state index contributed by atoms with van der Waals surface area (Å²) in [6, 6.07) is 7.36. The number of hydrogen-bond donors (Lipinski definition) is 1. The van der Waals surface area contributed by atoms with Crippen LogP contribution in [-0.2, 0) is 4.74 Å². The highest BCUT2D eigenvalue weighted by atomic mass is 19.2. The van der Waals surface area contributed by atoms with Crippen LogP contribution in [-0.4, -0.2) is 22.7 Å². The van der Waals surface area contributed by atoms with Gasteiger partial charge in [0.15, 0.2) is 0 Å². The number of alkyl halides is 1. The second-order valence-corrected chi connectivity index (χ2v) is 8.44. The van der Waals surface area contributed by atoms with Gasteiger partial charge in [0.05, 0.1) is 0 Å². The number of aliphatic hydroxyl groups is 1. The normalized spacial score (nSPS) is 17.7. The lowest BCUT2D eigenvalue weighted by atomic mass is 9.79. The number of benzene rings is 1. The maximum absolute atomic E-state index is 13.3. The molecule has 148 valence electrons. The van der Waals surface area contributed by atoms with Gasteiger partial charge in [0.25, 0.3) is 0 Å². The summed E-state index contributed by atoms with van der Waals surface area (Å²) in [5.41, 5.74) is 0.523. The molecular formula is C21H33FO4. The topological polar surface area (TPSA) is 55.8 Å². The third-order valence-electron chi connectivity index (χ3n) is 4.74. The predicted octanol–water partition coefficient (Wildman–Crippen LogP) is 5.83. The number of rotatable bonds is 7. The van der Waals surface area contributed by atoms with Crippen molar-refractivity contribution in [1.29, 1.82) is 0 Å². The summed E-state index contributed by atoms with van der Waals surface area (Å²) in [5.74, 6) is -0.841. The molecule has 4 unspecified atom stereocenters. The van der Waals surface area contributed by atoms with Crippen LogP contribution in [0.3, 0.4) is 0 Å². The molecule has 1 rings (SSSR count). The van der Waals surface area contributed by atoms with E-state index < -0.39 is 17.6 Å². The van der Waals surface area contributed by atoms with Crippen molar-refractivity contribution >= 4 is 6.16 Å². The highest BCUT2D eigenvalue weighted by Crippen LogP contribution is 2.34. The number of halogens is 1. The van der Waals surface area contributed by atoms with E-state index in [1.165, 1.54) is 6.92 Å². The zero-order valence-corrected chi connectivity index (χ0v) is 17.0. The summed E-state index contributed by atoms with van der Waals surface area (Å²) in [6.07, 6.45) is 0.0292. The van der Waals surface area contributed by atoms with Gasteiger partial charge in [0.1, 0.15) is 11.4 Å². The molecule has 1 aromatic carbocycles. The molecule has 26 heavy (non-hydrogen) atoms. The Labute approximate surface area is 156 Å². The van der Waals surface area contributed by atoms with Gasteiger partial charge in [0.2, 0.25) is 5.85 Å². The van der Waals surface area contributed by atoms with Crippen molar-refractivity contribution in [3.05, 3.63) is 29.8 Å². The van der Waals surface area contributed by atoms with Crippen LogP contribution in [0.15, 0.2) is 24.3 Å². The van der Waals surface area contributed by atoms with E-state index in [1.807, 2.05) is 12.1 Å². The van der Waals surface area contributed by atoms with Gasteiger partial charge in [-0.2, -0.15) is 0 Å². The minimum Gasteiger partial charge on any atom is -0.428 e. The standard InChI is InChI=1S/C21H33FO4/c1-14(12-13-21(7,22)24)15(2)16(3)17-8-10-18(11-9-17)25-19(23)26-20(4,5)6/h8-11,14-16,24H,12-13H2,1-7H3. The van der Waals surface area contributed by atoms with Gasteiger partial charge in [-0.05, 0) is 69.6 Å². The molecule has 0 aliphatic rings. The minimum atomic E-state index is -2.11. The summed E-state index contributed by atoms with van der Waals surface area (Å²) in [5, 5.41) is 9.26. The first-order valence-corrected chi connectivity index (χ1v) is 9.20. The van der Waals surface area contributed by atoms with Gasteiger partial charge in [-0.25, -0.2) is 9.18 Å². The van der Waals surface area contributed by atoms with Crippen LogP contribution in [0.5, 0.6) is 5.75 Å². The first kappa shape index (κ1) is 22.4. The molecule has 0 fully saturated rings. The van der Waals surface area contributed by atoms with Crippen LogP contribution in [0.2, 0.25) is 0 Å². The number of ether oxygens (including phenoxy) is 2. The predicted molar refractivity (Wildman–Crippen MR) is 101 cm³/mol. The Morgan fingerprint density at radius 3 is 2.12 bits per heavy atom. The van der Waals surface area contributed by atoms with E-state index >= 15 is 0 Å². The largest absolute Gasteiger partial charge is 0.514 e. The molecule has 0 spiro atoms. The molecule has 4 nitrogen and oxygen atoms in total. The zero-order valence-electron chi connectivity index (χ0n) is 17.0. The zero-order chi connectivity index (χ0) is 20.1. The molecule has 0 saturated heterocycles. The van der Waals surface area contributed by atoms with Gasteiger partial charge >= 0.3 is 6.16 Å². The van der Waals surface area contributed by atoms with Crippen LogP contribution in [0.1, 0.15) is 72.8 Å². The fourth-order valence-corrected chi connectivity index (χ4v) is 2.76. The Balaban J connectivity index is 2.65. The third-order valence-corrected chi connectivity index (χ3v) is 4.74. The first-order chi connectivity index (χ1) is 11.8. The van der Waals surface area contributed by atoms with Crippen molar-refractivity contribution in [3.8, 4) is 5.75 Å². The second kappa shape index (κ2) is 8.85. The van der Waals surface area contributed by atoms with Crippen molar-refractivity contribution in [3.63, 3.8) is 0 Å². The number of carbonyl (C=O) groups excluding carboxylic acids is 1. The Morgan fingerprint density at radius 2 is 1.65 bits per heavy atom. The van der Waals surface area contributed by atoms with Crippen molar-refractivity contribution in [1.82, 2.24) is 0 Å². The van der Waals surface area contributed by atoms with Crippen LogP contribution in [0, 0.1) is 11.8 Å². The molecule has 1 aromatic rings. The van der Waals surface area contributed by atoms with Crippen LogP contribution < -0.4 is 4.74 Å². The van der Waals surface area contributed by atoms with Crippen molar-refractivity contribution in [2.75, 3.05) is 0 Å². The van der Waals surface area contributed by atoms with E-state index in [9.17, 15) is 14.3 Å². The molecule has 4 atom stereocenters. The maximum Gasteiger partial charge on any atom is 0.514 e. The fraction of sp³-hybridized carbons (Fsp3) is 0.667. The Hall–Kier alpha value is -1.62. The molecule has 1 N–H and O–H groups in total. The molecule has 0 aromatic heterocycles. The first-order valence-electron chi connectivity index (χ1n) is 9.20. The molecule has 0 bridgehead atoms. The van der Waals surface area contributed by atoms with Crippen molar-refractivity contribution in [2.24, 2.45) is 11.8 Å². The molecular weight excluding hydrogens is 335 g/mol. The van der Waals surface area contributed by atoms with Crippen LogP contribution in [0.4, 0.5) is 9.18 Å². The molecule has 5 heteroatoms. The average molecular weight is 368 g/mol. The average Bonchev–Trinajstić information content (AvgIpc) is 2.49. The third kappa shape index (κ3) is 8.17. The van der Waals surface area contributed by atoms with Crippen LogP contribution in [0.25, 0.3) is 0 Å². The van der Waals surface area contributed by atoms with Gasteiger partial charge in [0, 0.05) is 6.42 Å². The summed E-state index contributed by atoms with van der Waals surface area (Å²) >= 11 is 0. The van der Waals surface area contributed by atoms with E-state index in [0.717, 1.165) is 5.56 Å². The van der Waals surface area contributed by atoms with Crippen molar-refractivity contribution in [2.45, 2.75) is 78.7 Å². The lowest BCUT2D eigenvalue weighted by molar-refractivity contribution is -0.0812. The van der Waals surface area contributed by atoms with Crippen molar-refractivity contribution < 1.29 is 23.8 Å². The molecule has 0 aliphatic carbocycles.